The lowest BCUT2D eigenvalue weighted by Crippen LogP contribution is -3.05. The number of benzene rings is 2. The summed E-state index contributed by atoms with van der Waals surface area (Å²) in [5.41, 5.74) is 3.10. The van der Waals surface area contributed by atoms with Gasteiger partial charge in [-0.05, 0) is 42.6 Å². The van der Waals surface area contributed by atoms with Crippen molar-refractivity contribution >= 4 is 22.6 Å². The van der Waals surface area contributed by atoms with Crippen LogP contribution in [0.1, 0.15) is 17.5 Å². The number of quaternary nitrogens is 1. The van der Waals surface area contributed by atoms with Crippen molar-refractivity contribution in [3.8, 4) is 0 Å². The monoisotopic (exact) mass is 393 g/mol. The van der Waals surface area contributed by atoms with Gasteiger partial charge in [-0.15, -0.1) is 0 Å². The SMILES string of the molecule is Cc1ccc2[nH]c(=O)c(CN(CCC[NH+](C)C)C(=O)Nc3ccccc3)cc2c1. The van der Waals surface area contributed by atoms with Crippen LogP contribution in [0, 0.1) is 6.92 Å². The van der Waals surface area contributed by atoms with Gasteiger partial charge in [0, 0.05) is 29.7 Å². The van der Waals surface area contributed by atoms with E-state index in [1.807, 2.05) is 61.5 Å². The molecule has 1 heterocycles. The van der Waals surface area contributed by atoms with Gasteiger partial charge in [0.2, 0.25) is 0 Å². The second-order valence-electron chi connectivity index (χ2n) is 7.74. The highest BCUT2D eigenvalue weighted by molar-refractivity contribution is 5.89. The van der Waals surface area contributed by atoms with E-state index in [1.165, 1.54) is 4.90 Å². The van der Waals surface area contributed by atoms with Crippen molar-refractivity contribution in [3.63, 3.8) is 0 Å². The molecule has 29 heavy (non-hydrogen) atoms. The molecule has 3 N–H and O–H groups in total. The van der Waals surface area contributed by atoms with E-state index in [1.54, 1.807) is 4.90 Å². The minimum atomic E-state index is -0.200. The predicted molar refractivity (Wildman–Crippen MR) is 117 cm³/mol. The van der Waals surface area contributed by atoms with Crippen LogP contribution in [0.2, 0.25) is 0 Å². The fourth-order valence-corrected chi connectivity index (χ4v) is 3.29. The van der Waals surface area contributed by atoms with Gasteiger partial charge in [-0.2, -0.15) is 0 Å². The quantitative estimate of drug-likeness (QED) is 0.577. The topological polar surface area (TPSA) is 69.6 Å². The molecule has 0 radical (unpaired) electrons. The van der Waals surface area contributed by atoms with Crippen molar-refractivity contribution in [1.29, 1.82) is 0 Å². The van der Waals surface area contributed by atoms with Gasteiger partial charge in [0.05, 0.1) is 27.2 Å². The number of fused-ring (bicyclic) bond motifs is 1. The van der Waals surface area contributed by atoms with Gasteiger partial charge in [0.15, 0.2) is 0 Å². The Kier molecular flexibility index (Phi) is 6.67. The molecule has 0 saturated carbocycles. The van der Waals surface area contributed by atoms with E-state index in [4.69, 9.17) is 0 Å². The van der Waals surface area contributed by atoms with E-state index in [-0.39, 0.29) is 18.1 Å². The van der Waals surface area contributed by atoms with E-state index in [9.17, 15) is 9.59 Å². The smallest absolute Gasteiger partial charge is 0.322 e. The number of urea groups is 1. The number of hydrogen-bond donors (Lipinski definition) is 3. The predicted octanol–water partition coefficient (Wildman–Crippen LogP) is 2.41. The fraction of sp³-hybridized carbons (Fsp3) is 0.304. The molecule has 2 aromatic carbocycles. The van der Waals surface area contributed by atoms with Crippen molar-refractivity contribution in [1.82, 2.24) is 9.88 Å². The number of aromatic nitrogens is 1. The molecule has 6 heteroatoms. The number of amides is 2. The number of pyridine rings is 1. The summed E-state index contributed by atoms with van der Waals surface area (Å²) in [6.07, 6.45) is 0.856. The molecule has 0 saturated heterocycles. The maximum Gasteiger partial charge on any atom is 0.322 e. The summed E-state index contributed by atoms with van der Waals surface area (Å²) in [6, 6.07) is 17.0. The van der Waals surface area contributed by atoms with Crippen LogP contribution in [0.5, 0.6) is 0 Å². The largest absolute Gasteiger partial charge is 0.340 e. The molecule has 3 aromatic rings. The lowest BCUT2D eigenvalue weighted by atomic mass is 10.1. The Morgan fingerprint density at radius 2 is 1.86 bits per heavy atom. The first kappa shape index (κ1) is 20.6. The molecule has 0 aliphatic rings. The number of aromatic amines is 1. The summed E-state index contributed by atoms with van der Waals surface area (Å²) in [7, 11) is 4.18. The van der Waals surface area contributed by atoms with E-state index < -0.39 is 0 Å². The molecule has 2 amide bonds. The molecule has 1 aromatic heterocycles. The molecule has 0 unspecified atom stereocenters. The lowest BCUT2D eigenvalue weighted by Gasteiger charge is -2.23. The summed E-state index contributed by atoms with van der Waals surface area (Å²) in [4.78, 5) is 31.5. The molecule has 0 bridgehead atoms. The first-order chi connectivity index (χ1) is 13.9. The number of H-pyrrole nitrogens is 1. The Morgan fingerprint density at radius 3 is 2.59 bits per heavy atom. The Morgan fingerprint density at radius 1 is 1.10 bits per heavy atom. The summed E-state index contributed by atoms with van der Waals surface area (Å²) in [6.45, 7) is 3.81. The molecule has 0 fully saturated rings. The molecule has 152 valence electrons. The van der Waals surface area contributed by atoms with E-state index in [0.29, 0.717) is 12.1 Å². The van der Waals surface area contributed by atoms with Gasteiger partial charge in [0.1, 0.15) is 0 Å². The van der Waals surface area contributed by atoms with Crippen LogP contribution in [0.4, 0.5) is 10.5 Å². The first-order valence-electron chi connectivity index (χ1n) is 9.95. The number of carbonyl (C=O) groups excluding carboxylic acids is 1. The van der Waals surface area contributed by atoms with Crippen LogP contribution in [0.15, 0.2) is 59.4 Å². The number of carbonyl (C=O) groups is 1. The number of nitrogens with zero attached hydrogens (tertiary/aromatic N) is 1. The molecule has 0 aliphatic carbocycles. The normalized spacial score (nSPS) is 11.0. The highest BCUT2D eigenvalue weighted by Crippen LogP contribution is 2.15. The number of anilines is 1. The minimum absolute atomic E-state index is 0.155. The van der Waals surface area contributed by atoms with Gasteiger partial charge in [-0.3, -0.25) is 4.79 Å². The van der Waals surface area contributed by atoms with Crippen LogP contribution in [-0.2, 0) is 6.54 Å². The molecule has 6 nitrogen and oxygen atoms in total. The molecule has 0 spiro atoms. The Labute approximate surface area is 171 Å². The molecule has 3 rings (SSSR count). The van der Waals surface area contributed by atoms with Crippen molar-refractivity contribution in [2.24, 2.45) is 0 Å². The van der Waals surface area contributed by atoms with Gasteiger partial charge in [0.25, 0.3) is 5.56 Å². The molecular weight excluding hydrogens is 364 g/mol. The second kappa shape index (κ2) is 9.39. The number of rotatable bonds is 7. The van der Waals surface area contributed by atoms with Crippen molar-refractivity contribution < 1.29 is 9.69 Å². The zero-order valence-electron chi connectivity index (χ0n) is 17.3. The number of aryl methyl sites for hydroxylation is 1. The van der Waals surface area contributed by atoms with E-state index in [0.717, 1.165) is 35.1 Å². The standard InChI is InChI=1S/C23H28N4O2/c1-17-10-11-21-18(14-17)15-19(22(28)25-21)16-27(13-7-12-26(2)3)23(29)24-20-8-5-4-6-9-20/h4-6,8-11,14-15H,7,12-13,16H2,1-3H3,(H,24,29)(H,25,28)/p+1. The van der Waals surface area contributed by atoms with Crippen molar-refractivity contribution in [3.05, 3.63) is 76.1 Å². The highest BCUT2D eigenvalue weighted by atomic mass is 16.2. The van der Waals surface area contributed by atoms with Gasteiger partial charge < -0.3 is 20.1 Å². The summed E-state index contributed by atoms with van der Waals surface area (Å²) >= 11 is 0. The highest BCUT2D eigenvalue weighted by Gasteiger charge is 2.17. The van der Waals surface area contributed by atoms with Crippen molar-refractivity contribution in [2.45, 2.75) is 19.9 Å². The summed E-state index contributed by atoms with van der Waals surface area (Å²) in [5, 5.41) is 3.91. The zero-order chi connectivity index (χ0) is 20.8. The van der Waals surface area contributed by atoms with Gasteiger partial charge in [-0.25, -0.2) is 4.79 Å². The van der Waals surface area contributed by atoms with Gasteiger partial charge in [-0.1, -0.05) is 29.8 Å². The van der Waals surface area contributed by atoms with Crippen LogP contribution < -0.4 is 15.8 Å². The van der Waals surface area contributed by atoms with Crippen molar-refractivity contribution in [2.75, 3.05) is 32.5 Å². The van der Waals surface area contributed by atoms with Crippen LogP contribution in [0.3, 0.4) is 0 Å². The average Bonchev–Trinajstić information content (AvgIpc) is 2.68. The van der Waals surface area contributed by atoms with E-state index >= 15 is 0 Å². The Bertz CT molecular complexity index is 1030. The number of para-hydroxylation sites is 1. The lowest BCUT2D eigenvalue weighted by molar-refractivity contribution is -0.858. The van der Waals surface area contributed by atoms with E-state index in [2.05, 4.69) is 24.4 Å². The molecule has 0 atom stereocenters. The molecule has 0 aliphatic heterocycles. The first-order valence-corrected chi connectivity index (χ1v) is 9.95. The maximum atomic E-state index is 12.9. The Hall–Kier alpha value is -3.12. The average molecular weight is 394 g/mol. The zero-order valence-corrected chi connectivity index (χ0v) is 17.3. The summed E-state index contributed by atoms with van der Waals surface area (Å²) < 4.78 is 0. The third kappa shape index (κ3) is 5.68. The maximum absolute atomic E-state index is 12.9. The minimum Gasteiger partial charge on any atom is -0.340 e. The van der Waals surface area contributed by atoms with Crippen LogP contribution >= 0.6 is 0 Å². The Balaban J connectivity index is 1.83. The number of nitrogens with one attached hydrogen (secondary N) is 3. The summed E-state index contributed by atoms with van der Waals surface area (Å²) in [5.74, 6) is 0. The van der Waals surface area contributed by atoms with Gasteiger partial charge >= 0.3 is 6.03 Å². The third-order valence-electron chi connectivity index (χ3n) is 4.85. The van der Waals surface area contributed by atoms with Crippen LogP contribution in [-0.4, -0.2) is 43.1 Å². The third-order valence-corrected chi connectivity index (χ3v) is 4.85. The molecular formula is C23H29N4O2+. The number of hydrogen-bond acceptors (Lipinski definition) is 2. The fourth-order valence-electron chi connectivity index (χ4n) is 3.29. The second-order valence-corrected chi connectivity index (χ2v) is 7.74. The van der Waals surface area contributed by atoms with Crippen LogP contribution in [0.25, 0.3) is 10.9 Å².